The first-order chi connectivity index (χ1) is 6.45. The molecule has 2 fully saturated rings. The highest BCUT2D eigenvalue weighted by atomic mass is 32.2. The van der Waals surface area contributed by atoms with E-state index in [9.17, 15) is 0 Å². The van der Waals surface area contributed by atoms with E-state index in [1.54, 1.807) is 0 Å². The van der Waals surface area contributed by atoms with E-state index in [2.05, 4.69) is 28.8 Å². The van der Waals surface area contributed by atoms with E-state index in [0.29, 0.717) is 6.04 Å². The van der Waals surface area contributed by atoms with Gasteiger partial charge in [-0.1, -0.05) is 0 Å². The second kappa shape index (κ2) is 5.49. The van der Waals surface area contributed by atoms with Crippen molar-refractivity contribution in [3.8, 4) is 0 Å². The molecule has 0 bridgehead atoms. The van der Waals surface area contributed by atoms with Gasteiger partial charge in [0.05, 0.1) is 6.61 Å². The SMILES string of the molecule is C1CC(NCC2CSCCS2)CO1. The van der Waals surface area contributed by atoms with E-state index in [1.807, 2.05) is 0 Å². The van der Waals surface area contributed by atoms with E-state index in [1.165, 1.54) is 30.2 Å². The average Bonchev–Trinajstić information content (AvgIpc) is 2.69. The van der Waals surface area contributed by atoms with Gasteiger partial charge in [0.25, 0.3) is 0 Å². The lowest BCUT2D eigenvalue weighted by molar-refractivity contribution is 0.190. The van der Waals surface area contributed by atoms with Crippen LogP contribution in [0, 0.1) is 0 Å². The second-order valence-corrected chi connectivity index (χ2v) is 6.09. The maximum Gasteiger partial charge on any atom is 0.0620 e. The highest BCUT2D eigenvalue weighted by Gasteiger charge is 2.18. The zero-order chi connectivity index (χ0) is 8.93. The number of nitrogens with one attached hydrogen (secondary N) is 1. The maximum absolute atomic E-state index is 5.32. The van der Waals surface area contributed by atoms with Crippen LogP contribution in [0.5, 0.6) is 0 Å². The number of rotatable bonds is 3. The zero-order valence-corrected chi connectivity index (χ0v) is 9.46. The lowest BCUT2D eigenvalue weighted by atomic mass is 10.2. The van der Waals surface area contributed by atoms with Crippen molar-refractivity contribution >= 4 is 23.5 Å². The molecule has 4 heteroatoms. The minimum Gasteiger partial charge on any atom is -0.380 e. The summed E-state index contributed by atoms with van der Waals surface area (Å²) in [7, 11) is 0. The average molecular weight is 219 g/mol. The van der Waals surface area contributed by atoms with Crippen LogP contribution in [0.15, 0.2) is 0 Å². The van der Waals surface area contributed by atoms with Crippen molar-refractivity contribution < 1.29 is 4.74 Å². The standard InChI is InChI=1S/C9H17NOS2/c1-2-11-6-8(1)10-5-9-7-12-3-4-13-9/h8-10H,1-7H2. The molecule has 0 aromatic carbocycles. The summed E-state index contributed by atoms with van der Waals surface area (Å²) < 4.78 is 5.32. The molecular weight excluding hydrogens is 202 g/mol. The molecule has 2 aliphatic rings. The minimum atomic E-state index is 0.632. The van der Waals surface area contributed by atoms with Crippen LogP contribution in [0.3, 0.4) is 0 Å². The summed E-state index contributed by atoms with van der Waals surface area (Å²) >= 11 is 4.22. The first-order valence-corrected chi connectivity index (χ1v) is 7.16. The molecule has 13 heavy (non-hydrogen) atoms. The van der Waals surface area contributed by atoms with E-state index >= 15 is 0 Å². The fourth-order valence-electron chi connectivity index (χ4n) is 1.65. The fourth-order valence-corrected chi connectivity index (χ4v) is 4.27. The summed E-state index contributed by atoms with van der Waals surface area (Å²) in [5.74, 6) is 4.00. The normalized spacial score (nSPS) is 35.1. The summed E-state index contributed by atoms with van der Waals surface area (Å²) in [6.07, 6.45) is 1.20. The van der Waals surface area contributed by atoms with Crippen molar-refractivity contribution in [3.63, 3.8) is 0 Å². The minimum absolute atomic E-state index is 0.632. The van der Waals surface area contributed by atoms with E-state index in [0.717, 1.165) is 18.5 Å². The van der Waals surface area contributed by atoms with Crippen LogP contribution in [-0.2, 0) is 4.74 Å². The first-order valence-electron chi connectivity index (χ1n) is 4.95. The predicted octanol–water partition coefficient (Wildman–Crippen LogP) is 1.21. The third-order valence-electron chi connectivity index (χ3n) is 2.45. The van der Waals surface area contributed by atoms with Crippen LogP contribution < -0.4 is 5.32 Å². The highest BCUT2D eigenvalue weighted by molar-refractivity contribution is 8.06. The molecule has 0 aliphatic carbocycles. The molecule has 2 atom stereocenters. The van der Waals surface area contributed by atoms with Crippen LogP contribution in [0.2, 0.25) is 0 Å². The van der Waals surface area contributed by atoms with Crippen LogP contribution in [0.4, 0.5) is 0 Å². The van der Waals surface area contributed by atoms with Crippen molar-refractivity contribution in [3.05, 3.63) is 0 Å². The molecule has 0 amide bonds. The third-order valence-corrected chi connectivity index (χ3v) is 5.29. The van der Waals surface area contributed by atoms with Gasteiger partial charge in [-0.15, -0.1) is 0 Å². The number of hydrogen-bond acceptors (Lipinski definition) is 4. The van der Waals surface area contributed by atoms with Crippen molar-refractivity contribution in [2.75, 3.05) is 37.0 Å². The summed E-state index contributed by atoms with van der Waals surface area (Å²) in [6, 6.07) is 0.632. The van der Waals surface area contributed by atoms with Crippen LogP contribution in [-0.4, -0.2) is 48.3 Å². The summed E-state index contributed by atoms with van der Waals surface area (Å²) in [5.41, 5.74) is 0. The monoisotopic (exact) mass is 219 g/mol. The van der Waals surface area contributed by atoms with Crippen LogP contribution in [0.1, 0.15) is 6.42 Å². The van der Waals surface area contributed by atoms with Gasteiger partial charge in [-0.25, -0.2) is 0 Å². The first kappa shape index (κ1) is 10.1. The summed E-state index contributed by atoms with van der Waals surface area (Å²) in [6.45, 7) is 3.04. The molecule has 0 spiro atoms. The molecule has 0 radical (unpaired) electrons. The molecule has 0 saturated carbocycles. The Labute approximate surface area is 88.6 Å². The Morgan fingerprint density at radius 3 is 3.08 bits per heavy atom. The highest BCUT2D eigenvalue weighted by Crippen LogP contribution is 2.23. The van der Waals surface area contributed by atoms with Crippen molar-refractivity contribution in [1.29, 1.82) is 0 Å². The van der Waals surface area contributed by atoms with E-state index in [4.69, 9.17) is 4.74 Å². The molecule has 2 heterocycles. The Bertz CT molecular complexity index is 145. The van der Waals surface area contributed by atoms with Gasteiger partial charge < -0.3 is 10.1 Å². The number of hydrogen-bond donors (Lipinski definition) is 1. The molecule has 2 rings (SSSR count). The molecule has 2 saturated heterocycles. The smallest absolute Gasteiger partial charge is 0.0620 e. The van der Waals surface area contributed by atoms with Crippen molar-refractivity contribution in [2.24, 2.45) is 0 Å². The quantitative estimate of drug-likeness (QED) is 0.770. The van der Waals surface area contributed by atoms with Gasteiger partial charge >= 0.3 is 0 Å². The van der Waals surface area contributed by atoms with Gasteiger partial charge in [-0.2, -0.15) is 23.5 Å². The molecule has 2 unspecified atom stereocenters. The van der Waals surface area contributed by atoms with Gasteiger partial charge in [0, 0.05) is 41.7 Å². The van der Waals surface area contributed by atoms with Crippen molar-refractivity contribution in [1.82, 2.24) is 5.32 Å². The van der Waals surface area contributed by atoms with Gasteiger partial charge in [0.15, 0.2) is 0 Å². The lowest BCUT2D eigenvalue weighted by Crippen LogP contribution is -2.36. The van der Waals surface area contributed by atoms with Gasteiger partial charge in [0.1, 0.15) is 0 Å². The molecule has 76 valence electrons. The number of thioether (sulfide) groups is 2. The molecule has 1 N–H and O–H groups in total. The van der Waals surface area contributed by atoms with Gasteiger partial charge in [0.2, 0.25) is 0 Å². The molecule has 2 aliphatic heterocycles. The van der Waals surface area contributed by atoms with Crippen LogP contribution in [0.25, 0.3) is 0 Å². The molecule has 0 aromatic heterocycles. The number of ether oxygens (including phenoxy) is 1. The zero-order valence-electron chi connectivity index (χ0n) is 7.83. The Balaban J connectivity index is 1.60. The Hall–Kier alpha value is 0.620. The molecular formula is C9H17NOS2. The van der Waals surface area contributed by atoms with Crippen molar-refractivity contribution in [2.45, 2.75) is 17.7 Å². The van der Waals surface area contributed by atoms with E-state index in [-0.39, 0.29) is 0 Å². The molecule has 2 nitrogen and oxygen atoms in total. The third kappa shape index (κ3) is 3.35. The topological polar surface area (TPSA) is 21.3 Å². The maximum atomic E-state index is 5.32. The lowest BCUT2D eigenvalue weighted by Gasteiger charge is -2.22. The van der Waals surface area contributed by atoms with Gasteiger partial charge in [-0.3, -0.25) is 0 Å². The Morgan fingerprint density at radius 2 is 2.38 bits per heavy atom. The summed E-state index contributed by atoms with van der Waals surface area (Å²) in [4.78, 5) is 0. The second-order valence-electron chi connectivity index (χ2n) is 3.54. The van der Waals surface area contributed by atoms with E-state index < -0.39 is 0 Å². The Kier molecular flexibility index (Phi) is 4.28. The Morgan fingerprint density at radius 1 is 1.38 bits per heavy atom. The van der Waals surface area contributed by atoms with Crippen LogP contribution >= 0.6 is 23.5 Å². The largest absolute Gasteiger partial charge is 0.380 e. The van der Waals surface area contributed by atoms with Gasteiger partial charge in [-0.05, 0) is 6.42 Å². The predicted molar refractivity (Wildman–Crippen MR) is 60.8 cm³/mol. The molecule has 0 aromatic rings. The summed E-state index contributed by atoms with van der Waals surface area (Å²) in [5, 5.41) is 4.42. The fraction of sp³-hybridized carbons (Fsp3) is 1.00.